The number of nitrogens with zero attached hydrogens (tertiary/aromatic N) is 1. The lowest BCUT2D eigenvalue weighted by Gasteiger charge is -2.16. The van der Waals surface area contributed by atoms with Crippen molar-refractivity contribution in [3.05, 3.63) is 66.9 Å². The van der Waals surface area contributed by atoms with E-state index in [1.54, 1.807) is 7.11 Å². The molecule has 1 aromatic heterocycles. The van der Waals surface area contributed by atoms with Crippen LogP contribution in [0.25, 0.3) is 11.1 Å². The molecule has 27 heavy (non-hydrogen) atoms. The molecule has 1 aliphatic heterocycles. The molecule has 4 rings (SSSR count). The van der Waals surface area contributed by atoms with Crippen LogP contribution < -0.4 is 18.8 Å². The Morgan fingerprint density at radius 3 is 2.44 bits per heavy atom. The molecular weight excluding hydrogens is 364 g/mol. The molecule has 2 aromatic carbocycles. The standard InChI is InChI=1S/C20H18N2O4S/c1-25-18-6-2-3-7-19(18)26-16-10-8-15(9-11-16)17-5-4-12-22-13-14-27(23,24)21-20(17)22/h2-12H,13-14H2,1H3/p+1. The van der Waals surface area contributed by atoms with Crippen LogP contribution in [0, 0.1) is 0 Å². The van der Waals surface area contributed by atoms with Crippen molar-refractivity contribution in [2.24, 2.45) is 0 Å². The second-order valence-corrected chi connectivity index (χ2v) is 8.00. The van der Waals surface area contributed by atoms with Gasteiger partial charge in [-0.15, -0.1) is 0 Å². The molecular formula is C20H19N2O4S+. The van der Waals surface area contributed by atoms with Crippen molar-refractivity contribution >= 4 is 15.8 Å². The Morgan fingerprint density at radius 1 is 0.963 bits per heavy atom. The number of para-hydroxylation sites is 2. The molecule has 0 amide bonds. The van der Waals surface area contributed by atoms with Gasteiger partial charge in [0.15, 0.2) is 11.5 Å². The summed E-state index contributed by atoms with van der Waals surface area (Å²) in [5.74, 6) is 2.63. The summed E-state index contributed by atoms with van der Waals surface area (Å²) < 4.78 is 39.7. The highest BCUT2D eigenvalue weighted by molar-refractivity contribution is 7.92. The highest BCUT2D eigenvalue weighted by Gasteiger charge is 2.29. The second kappa shape index (κ2) is 6.92. The van der Waals surface area contributed by atoms with Gasteiger partial charge in [-0.2, -0.15) is 13.1 Å². The van der Waals surface area contributed by atoms with E-state index in [2.05, 4.69) is 4.72 Å². The van der Waals surface area contributed by atoms with Gasteiger partial charge in [0.05, 0.1) is 18.9 Å². The molecule has 7 heteroatoms. The highest BCUT2D eigenvalue weighted by atomic mass is 32.2. The number of nitrogens with one attached hydrogen (secondary N) is 1. The van der Waals surface area contributed by atoms with E-state index in [-0.39, 0.29) is 5.75 Å². The van der Waals surface area contributed by atoms with Crippen molar-refractivity contribution in [2.45, 2.75) is 6.54 Å². The van der Waals surface area contributed by atoms with E-state index >= 15 is 0 Å². The molecule has 0 spiro atoms. The first-order chi connectivity index (χ1) is 13.1. The highest BCUT2D eigenvalue weighted by Crippen LogP contribution is 2.33. The first-order valence-corrected chi connectivity index (χ1v) is 10.2. The number of ether oxygens (including phenoxy) is 2. The number of aromatic nitrogens is 1. The van der Waals surface area contributed by atoms with E-state index in [1.807, 2.05) is 71.4 Å². The molecule has 138 valence electrons. The van der Waals surface area contributed by atoms with Gasteiger partial charge in [0.25, 0.3) is 5.82 Å². The molecule has 0 bridgehead atoms. The summed E-state index contributed by atoms with van der Waals surface area (Å²) in [6.45, 7) is 0.438. The zero-order valence-corrected chi connectivity index (χ0v) is 15.6. The number of pyridine rings is 1. The molecule has 0 unspecified atom stereocenters. The number of hydrogen-bond donors (Lipinski definition) is 1. The van der Waals surface area contributed by atoms with Crippen LogP contribution in [0.5, 0.6) is 17.2 Å². The minimum Gasteiger partial charge on any atom is -0.493 e. The van der Waals surface area contributed by atoms with Crippen LogP contribution in [0.1, 0.15) is 0 Å². The average Bonchev–Trinajstić information content (AvgIpc) is 2.68. The first kappa shape index (κ1) is 17.4. The van der Waals surface area contributed by atoms with E-state index in [0.29, 0.717) is 29.6 Å². The maximum atomic E-state index is 12.0. The largest absolute Gasteiger partial charge is 0.493 e. The van der Waals surface area contributed by atoms with Gasteiger partial charge in [0, 0.05) is 0 Å². The van der Waals surface area contributed by atoms with Crippen LogP contribution in [0.4, 0.5) is 5.82 Å². The Labute approximate surface area is 158 Å². The summed E-state index contributed by atoms with van der Waals surface area (Å²) in [5.41, 5.74) is 1.72. The number of hydrogen-bond acceptors (Lipinski definition) is 4. The molecule has 1 N–H and O–H groups in total. The van der Waals surface area contributed by atoms with Crippen molar-refractivity contribution in [2.75, 3.05) is 17.6 Å². The Bertz CT molecular complexity index is 1080. The number of methoxy groups -OCH3 is 1. The van der Waals surface area contributed by atoms with Gasteiger partial charge >= 0.3 is 10.0 Å². The maximum Gasteiger partial charge on any atom is 0.302 e. The molecule has 3 aromatic rings. The predicted molar refractivity (Wildman–Crippen MR) is 103 cm³/mol. The van der Waals surface area contributed by atoms with Gasteiger partial charge in [0.1, 0.15) is 18.0 Å². The van der Waals surface area contributed by atoms with E-state index in [9.17, 15) is 8.42 Å². The first-order valence-electron chi connectivity index (χ1n) is 8.50. The van der Waals surface area contributed by atoms with E-state index in [0.717, 1.165) is 11.1 Å². The Hall–Kier alpha value is -3.06. The third kappa shape index (κ3) is 3.59. The second-order valence-electron chi connectivity index (χ2n) is 6.16. The van der Waals surface area contributed by atoms with Crippen LogP contribution in [-0.4, -0.2) is 21.3 Å². The molecule has 0 radical (unpaired) electrons. The summed E-state index contributed by atoms with van der Waals surface area (Å²) in [6, 6.07) is 18.8. The fourth-order valence-corrected chi connectivity index (χ4v) is 4.09. The zero-order valence-electron chi connectivity index (χ0n) is 14.8. The molecule has 0 fully saturated rings. The van der Waals surface area contributed by atoms with Gasteiger partial charge in [-0.25, -0.2) is 4.57 Å². The molecule has 2 heterocycles. The average molecular weight is 383 g/mol. The van der Waals surface area contributed by atoms with Crippen molar-refractivity contribution in [1.29, 1.82) is 0 Å². The van der Waals surface area contributed by atoms with Crippen LogP contribution in [0.2, 0.25) is 0 Å². The molecule has 0 atom stereocenters. The Kier molecular flexibility index (Phi) is 4.45. The molecule has 0 saturated heterocycles. The number of benzene rings is 2. The smallest absolute Gasteiger partial charge is 0.302 e. The molecule has 1 aliphatic rings. The number of aryl methyl sites for hydroxylation is 1. The lowest BCUT2D eigenvalue weighted by Crippen LogP contribution is -2.47. The molecule has 0 aliphatic carbocycles. The van der Waals surface area contributed by atoms with Crippen molar-refractivity contribution < 1.29 is 22.5 Å². The number of fused-ring (bicyclic) bond motifs is 1. The quantitative estimate of drug-likeness (QED) is 0.703. The summed E-state index contributed by atoms with van der Waals surface area (Å²) in [7, 11) is -1.69. The topological polar surface area (TPSA) is 68.5 Å². The van der Waals surface area contributed by atoms with Gasteiger partial charge in [-0.1, -0.05) is 24.3 Å². The molecule has 6 nitrogen and oxygen atoms in total. The lowest BCUT2D eigenvalue weighted by molar-refractivity contribution is -0.679. The number of rotatable bonds is 4. The van der Waals surface area contributed by atoms with Crippen LogP contribution >= 0.6 is 0 Å². The molecule has 0 saturated carbocycles. The third-order valence-electron chi connectivity index (χ3n) is 4.39. The van der Waals surface area contributed by atoms with Gasteiger partial charge in [0.2, 0.25) is 0 Å². The van der Waals surface area contributed by atoms with Crippen molar-refractivity contribution in [3.8, 4) is 28.4 Å². The third-order valence-corrected chi connectivity index (χ3v) is 5.61. The minimum atomic E-state index is -3.29. The summed E-state index contributed by atoms with van der Waals surface area (Å²) >= 11 is 0. The summed E-state index contributed by atoms with van der Waals surface area (Å²) in [5, 5.41) is 0. The maximum absolute atomic E-state index is 12.0. The van der Waals surface area contributed by atoms with Crippen molar-refractivity contribution in [1.82, 2.24) is 0 Å². The SMILES string of the molecule is COc1ccccc1Oc1ccc(-c2ccc[n+]3c2NS(=O)(=O)CC3)cc1. The lowest BCUT2D eigenvalue weighted by atomic mass is 10.1. The number of sulfonamides is 1. The minimum absolute atomic E-state index is 0.0831. The predicted octanol–water partition coefficient (Wildman–Crippen LogP) is 3.20. The van der Waals surface area contributed by atoms with E-state index < -0.39 is 10.0 Å². The fourth-order valence-electron chi connectivity index (χ4n) is 3.03. The normalized spacial score (nSPS) is 14.7. The summed E-state index contributed by atoms with van der Waals surface area (Å²) in [4.78, 5) is 0. The Morgan fingerprint density at radius 2 is 1.70 bits per heavy atom. The van der Waals surface area contributed by atoms with Crippen molar-refractivity contribution in [3.63, 3.8) is 0 Å². The van der Waals surface area contributed by atoms with Crippen LogP contribution in [0.3, 0.4) is 0 Å². The number of anilines is 1. The Balaban J connectivity index is 1.64. The van der Waals surface area contributed by atoms with E-state index in [1.165, 1.54) is 0 Å². The zero-order chi connectivity index (χ0) is 18.9. The van der Waals surface area contributed by atoms with Gasteiger partial charge < -0.3 is 9.47 Å². The van der Waals surface area contributed by atoms with Gasteiger partial charge in [-0.05, 0) is 42.0 Å². The fraction of sp³-hybridized carbons (Fsp3) is 0.150. The van der Waals surface area contributed by atoms with Crippen LogP contribution in [-0.2, 0) is 16.6 Å². The monoisotopic (exact) mass is 383 g/mol. The van der Waals surface area contributed by atoms with Crippen LogP contribution in [0.15, 0.2) is 66.9 Å². The summed E-state index contributed by atoms with van der Waals surface area (Å²) in [6.07, 6.45) is 1.87. The van der Waals surface area contributed by atoms with Gasteiger partial charge in [-0.3, -0.25) is 0 Å². The van der Waals surface area contributed by atoms with E-state index in [4.69, 9.17) is 9.47 Å².